The van der Waals surface area contributed by atoms with Gasteiger partial charge in [0, 0.05) is 13.1 Å². The monoisotopic (exact) mass is 323 g/mol. The van der Waals surface area contributed by atoms with E-state index in [4.69, 9.17) is 4.74 Å². The number of aryl methyl sites for hydroxylation is 1. The molecule has 1 saturated heterocycles. The number of hydrogen-bond donors (Lipinski definition) is 0. The second-order valence-corrected chi connectivity index (χ2v) is 5.92. The van der Waals surface area contributed by atoms with Crippen molar-refractivity contribution in [3.05, 3.63) is 53.2 Å². The number of anilines is 2. The molecule has 1 fully saturated rings. The highest BCUT2D eigenvalue weighted by molar-refractivity contribution is 6.34. The molecule has 1 aromatic heterocycles. The van der Waals surface area contributed by atoms with Crippen molar-refractivity contribution in [1.82, 2.24) is 4.98 Å². The van der Waals surface area contributed by atoms with Crippen molar-refractivity contribution in [3.8, 4) is 0 Å². The lowest BCUT2D eigenvalue weighted by molar-refractivity contribution is 0.0926. The molecule has 0 radical (unpaired) electrons. The number of carbonyl (C=O) groups is 2. The van der Waals surface area contributed by atoms with E-state index in [1.165, 1.54) is 4.90 Å². The van der Waals surface area contributed by atoms with Crippen LogP contribution in [-0.4, -0.2) is 43.1 Å². The molecule has 0 atom stereocenters. The van der Waals surface area contributed by atoms with E-state index in [2.05, 4.69) is 9.88 Å². The van der Waals surface area contributed by atoms with Crippen LogP contribution < -0.4 is 9.80 Å². The molecule has 0 N–H and O–H groups in total. The number of aromatic nitrogens is 1. The molecule has 1 aromatic carbocycles. The molecule has 0 unspecified atom stereocenters. The van der Waals surface area contributed by atoms with Crippen molar-refractivity contribution in [1.29, 1.82) is 0 Å². The zero-order chi connectivity index (χ0) is 16.7. The first kappa shape index (κ1) is 14.8. The van der Waals surface area contributed by atoms with Gasteiger partial charge in [-0.05, 0) is 30.7 Å². The van der Waals surface area contributed by atoms with Crippen LogP contribution in [-0.2, 0) is 4.74 Å². The zero-order valence-electron chi connectivity index (χ0n) is 13.4. The summed E-state index contributed by atoms with van der Waals surface area (Å²) in [6.07, 6.45) is 1.59. The third-order valence-electron chi connectivity index (χ3n) is 4.45. The van der Waals surface area contributed by atoms with Gasteiger partial charge < -0.3 is 9.64 Å². The van der Waals surface area contributed by atoms with E-state index in [0.717, 1.165) is 24.5 Å². The molecule has 0 aliphatic carbocycles. The molecule has 6 nitrogen and oxygen atoms in total. The van der Waals surface area contributed by atoms with Gasteiger partial charge in [0.1, 0.15) is 5.82 Å². The molecule has 24 heavy (non-hydrogen) atoms. The number of pyridine rings is 1. The summed E-state index contributed by atoms with van der Waals surface area (Å²) in [5.41, 5.74) is 2.25. The Morgan fingerprint density at radius 1 is 1.04 bits per heavy atom. The van der Waals surface area contributed by atoms with E-state index in [-0.39, 0.29) is 11.8 Å². The second-order valence-electron chi connectivity index (χ2n) is 5.92. The lowest BCUT2D eigenvalue weighted by atomic mass is 10.0. The van der Waals surface area contributed by atoms with E-state index in [1.807, 2.05) is 19.1 Å². The van der Waals surface area contributed by atoms with Gasteiger partial charge in [0.15, 0.2) is 0 Å². The molecule has 6 heteroatoms. The largest absolute Gasteiger partial charge is 0.378 e. The Labute approximate surface area is 139 Å². The highest BCUT2D eigenvalue weighted by Crippen LogP contribution is 2.30. The number of ether oxygens (including phenoxy) is 1. The minimum Gasteiger partial charge on any atom is -0.378 e. The van der Waals surface area contributed by atoms with Gasteiger partial charge in [-0.15, -0.1) is 0 Å². The van der Waals surface area contributed by atoms with Crippen molar-refractivity contribution in [2.45, 2.75) is 6.92 Å². The molecule has 122 valence electrons. The number of nitrogens with zero attached hydrogens (tertiary/aromatic N) is 3. The lowest BCUT2D eigenvalue weighted by Gasteiger charge is -2.28. The summed E-state index contributed by atoms with van der Waals surface area (Å²) >= 11 is 0. The summed E-state index contributed by atoms with van der Waals surface area (Å²) in [6, 6.07) is 8.94. The third-order valence-corrected chi connectivity index (χ3v) is 4.45. The van der Waals surface area contributed by atoms with Crippen LogP contribution in [0.3, 0.4) is 0 Å². The fraction of sp³-hybridized carbons (Fsp3) is 0.278. The van der Waals surface area contributed by atoms with Gasteiger partial charge in [0.05, 0.1) is 36.2 Å². The van der Waals surface area contributed by atoms with E-state index in [1.54, 1.807) is 24.4 Å². The van der Waals surface area contributed by atoms with E-state index < -0.39 is 0 Å². The third kappa shape index (κ3) is 2.27. The fourth-order valence-electron chi connectivity index (χ4n) is 3.18. The van der Waals surface area contributed by atoms with Crippen LogP contribution in [0.15, 0.2) is 36.5 Å². The van der Waals surface area contributed by atoms with Crippen LogP contribution in [0, 0.1) is 6.92 Å². The van der Waals surface area contributed by atoms with Gasteiger partial charge >= 0.3 is 0 Å². The Hall–Kier alpha value is -2.73. The van der Waals surface area contributed by atoms with Crippen LogP contribution in [0.4, 0.5) is 11.5 Å². The van der Waals surface area contributed by atoms with Gasteiger partial charge in [-0.25, -0.2) is 9.88 Å². The SMILES string of the molecule is Cc1cccc2c1C(=O)N(c1ccc(N3CCOCC3)nc1)C2=O. The summed E-state index contributed by atoms with van der Waals surface area (Å²) in [5.74, 6) is 0.253. The van der Waals surface area contributed by atoms with Crippen molar-refractivity contribution in [2.75, 3.05) is 36.1 Å². The summed E-state index contributed by atoms with van der Waals surface area (Å²) in [5, 5.41) is 0. The first-order valence-corrected chi connectivity index (χ1v) is 7.94. The smallest absolute Gasteiger partial charge is 0.266 e. The second kappa shape index (κ2) is 5.72. The maximum Gasteiger partial charge on any atom is 0.266 e. The number of fused-ring (bicyclic) bond motifs is 1. The molecule has 4 rings (SSSR count). The summed E-state index contributed by atoms with van der Waals surface area (Å²) in [7, 11) is 0. The van der Waals surface area contributed by atoms with Crippen LogP contribution in [0.5, 0.6) is 0 Å². The summed E-state index contributed by atoms with van der Waals surface area (Å²) in [6.45, 7) is 4.78. The van der Waals surface area contributed by atoms with E-state index in [9.17, 15) is 9.59 Å². The summed E-state index contributed by atoms with van der Waals surface area (Å²) < 4.78 is 5.33. The molecule has 0 saturated carbocycles. The molecule has 3 heterocycles. The van der Waals surface area contributed by atoms with Crippen molar-refractivity contribution < 1.29 is 14.3 Å². The molecule has 0 bridgehead atoms. The molecular weight excluding hydrogens is 306 g/mol. The van der Waals surface area contributed by atoms with Gasteiger partial charge in [-0.2, -0.15) is 0 Å². The highest BCUT2D eigenvalue weighted by Gasteiger charge is 2.37. The number of amides is 2. The number of carbonyl (C=O) groups excluding carboxylic acids is 2. The van der Waals surface area contributed by atoms with Crippen LogP contribution in [0.1, 0.15) is 26.3 Å². The fourth-order valence-corrected chi connectivity index (χ4v) is 3.18. The van der Waals surface area contributed by atoms with Gasteiger partial charge in [-0.3, -0.25) is 9.59 Å². The van der Waals surface area contributed by atoms with Gasteiger partial charge in [-0.1, -0.05) is 12.1 Å². The number of benzene rings is 1. The minimum atomic E-state index is -0.292. The molecular formula is C18H17N3O3. The number of rotatable bonds is 2. The summed E-state index contributed by atoms with van der Waals surface area (Å²) in [4.78, 5) is 33.0. The maximum absolute atomic E-state index is 12.7. The van der Waals surface area contributed by atoms with E-state index >= 15 is 0 Å². The topological polar surface area (TPSA) is 62.7 Å². The highest BCUT2D eigenvalue weighted by atomic mass is 16.5. The Morgan fingerprint density at radius 2 is 1.83 bits per heavy atom. The normalized spacial score (nSPS) is 17.4. The van der Waals surface area contributed by atoms with Gasteiger partial charge in [0.2, 0.25) is 0 Å². The molecule has 2 amide bonds. The van der Waals surface area contributed by atoms with Crippen molar-refractivity contribution in [3.63, 3.8) is 0 Å². The number of morpholine rings is 1. The molecule has 0 spiro atoms. The Morgan fingerprint density at radius 3 is 2.50 bits per heavy atom. The Bertz CT molecular complexity index is 811. The predicted octanol–water partition coefficient (Wildman–Crippen LogP) is 2.03. The zero-order valence-corrected chi connectivity index (χ0v) is 13.4. The minimum absolute atomic E-state index is 0.283. The first-order valence-electron chi connectivity index (χ1n) is 7.94. The van der Waals surface area contributed by atoms with Crippen molar-refractivity contribution >= 4 is 23.3 Å². The average Bonchev–Trinajstić information content (AvgIpc) is 2.88. The van der Waals surface area contributed by atoms with Gasteiger partial charge in [0.25, 0.3) is 11.8 Å². The van der Waals surface area contributed by atoms with Crippen LogP contribution in [0.2, 0.25) is 0 Å². The molecule has 2 aliphatic heterocycles. The van der Waals surface area contributed by atoms with Crippen LogP contribution in [0.25, 0.3) is 0 Å². The molecule has 2 aromatic rings. The number of imide groups is 1. The quantitative estimate of drug-likeness (QED) is 0.791. The molecule has 2 aliphatic rings. The predicted molar refractivity (Wildman–Crippen MR) is 89.6 cm³/mol. The Balaban J connectivity index is 1.64. The lowest BCUT2D eigenvalue weighted by Crippen LogP contribution is -2.36. The number of hydrogen-bond acceptors (Lipinski definition) is 5. The standard InChI is InChI=1S/C18H17N3O3/c1-12-3-2-4-14-16(12)18(23)21(17(14)22)13-5-6-15(19-11-13)20-7-9-24-10-8-20/h2-6,11H,7-10H2,1H3. The van der Waals surface area contributed by atoms with E-state index in [0.29, 0.717) is 30.0 Å². The van der Waals surface area contributed by atoms with Crippen LogP contribution >= 0.6 is 0 Å². The van der Waals surface area contributed by atoms with Crippen molar-refractivity contribution in [2.24, 2.45) is 0 Å². The first-order chi connectivity index (χ1) is 11.7. The Kier molecular flexibility index (Phi) is 3.54. The maximum atomic E-state index is 12.7. The average molecular weight is 323 g/mol.